The van der Waals surface area contributed by atoms with E-state index < -0.39 is 0 Å². The van der Waals surface area contributed by atoms with Crippen molar-refractivity contribution in [2.75, 3.05) is 18.2 Å². The Balaban J connectivity index is 2.04. The van der Waals surface area contributed by atoms with Crippen molar-refractivity contribution in [2.24, 2.45) is 0 Å². The lowest BCUT2D eigenvalue weighted by Crippen LogP contribution is -2.12. The number of amides is 1. The van der Waals surface area contributed by atoms with Gasteiger partial charge in [-0.3, -0.25) is 4.79 Å². The van der Waals surface area contributed by atoms with Crippen molar-refractivity contribution in [2.45, 2.75) is 6.61 Å². The van der Waals surface area contributed by atoms with E-state index in [2.05, 4.69) is 10.5 Å². The normalized spacial score (nSPS) is 10.3. The number of ether oxygens (including phenoxy) is 1. The molecule has 2 rings (SSSR count). The van der Waals surface area contributed by atoms with Crippen LogP contribution in [0.2, 0.25) is 0 Å². The summed E-state index contributed by atoms with van der Waals surface area (Å²) in [6.07, 6.45) is 0. The highest BCUT2D eigenvalue weighted by molar-refractivity contribution is 6.02. The van der Waals surface area contributed by atoms with E-state index in [0.717, 1.165) is 0 Å². The van der Waals surface area contributed by atoms with Gasteiger partial charge in [0.2, 0.25) is 0 Å². The zero-order chi connectivity index (χ0) is 13.0. The number of anilines is 2. The number of aromatic nitrogens is 1. The van der Waals surface area contributed by atoms with Gasteiger partial charge in [0.25, 0.3) is 5.91 Å². The van der Waals surface area contributed by atoms with E-state index >= 15 is 0 Å². The molecule has 0 fully saturated rings. The first-order valence-corrected chi connectivity index (χ1v) is 5.30. The van der Waals surface area contributed by atoms with Crippen molar-refractivity contribution >= 4 is 17.3 Å². The summed E-state index contributed by atoms with van der Waals surface area (Å²) >= 11 is 0. The van der Waals surface area contributed by atoms with Crippen LogP contribution in [0.1, 0.15) is 16.2 Å². The first-order chi connectivity index (χ1) is 8.69. The molecule has 6 heteroatoms. The van der Waals surface area contributed by atoms with Gasteiger partial charge < -0.3 is 20.3 Å². The standard InChI is InChI=1S/C12H13N3O3/c1-17-7-10-6-11(15-18-10)12(16)14-9-4-2-8(13)3-5-9/h2-6H,7,13H2,1H3,(H,14,16). The molecule has 6 nitrogen and oxygen atoms in total. The Kier molecular flexibility index (Phi) is 3.59. The Hall–Kier alpha value is -2.34. The molecule has 0 aliphatic rings. The molecule has 2 aromatic rings. The Bertz CT molecular complexity index is 534. The van der Waals surface area contributed by atoms with Gasteiger partial charge in [0.05, 0.1) is 0 Å². The zero-order valence-corrected chi connectivity index (χ0v) is 9.84. The van der Waals surface area contributed by atoms with Gasteiger partial charge in [-0.2, -0.15) is 0 Å². The smallest absolute Gasteiger partial charge is 0.277 e. The number of nitrogens with two attached hydrogens (primary N) is 1. The molecular formula is C12H13N3O3. The van der Waals surface area contributed by atoms with Crippen molar-refractivity contribution in [1.29, 1.82) is 0 Å². The molecule has 0 spiro atoms. The Morgan fingerprint density at radius 1 is 1.44 bits per heavy atom. The third-order valence-corrected chi connectivity index (χ3v) is 2.25. The highest BCUT2D eigenvalue weighted by Gasteiger charge is 2.12. The zero-order valence-electron chi connectivity index (χ0n) is 9.84. The van der Waals surface area contributed by atoms with Crippen molar-refractivity contribution in [3.63, 3.8) is 0 Å². The topological polar surface area (TPSA) is 90.4 Å². The Labute approximate surface area is 104 Å². The molecule has 0 bridgehead atoms. The quantitative estimate of drug-likeness (QED) is 0.802. The van der Waals surface area contributed by atoms with Crippen LogP contribution in [-0.2, 0) is 11.3 Å². The lowest BCUT2D eigenvalue weighted by atomic mass is 10.2. The van der Waals surface area contributed by atoms with Crippen LogP contribution in [0.4, 0.5) is 11.4 Å². The van der Waals surface area contributed by atoms with Crippen LogP contribution in [0.15, 0.2) is 34.9 Å². The Morgan fingerprint density at radius 3 is 2.83 bits per heavy atom. The molecule has 18 heavy (non-hydrogen) atoms. The fraction of sp³-hybridized carbons (Fsp3) is 0.167. The minimum atomic E-state index is -0.342. The van der Waals surface area contributed by atoms with Crippen LogP contribution in [0.5, 0.6) is 0 Å². The molecule has 1 amide bonds. The summed E-state index contributed by atoms with van der Waals surface area (Å²) < 4.78 is 9.80. The Morgan fingerprint density at radius 2 is 2.17 bits per heavy atom. The van der Waals surface area contributed by atoms with Crippen molar-refractivity contribution in [3.05, 3.63) is 41.8 Å². The van der Waals surface area contributed by atoms with Crippen LogP contribution in [0.25, 0.3) is 0 Å². The summed E-state index contributed by atoms with van der Waals surface area (Å²) in [4.78, 5) is 11.8. The molecular weight excluding hydrogens is 234 g/mol. The van der Waals surface area contributed by atoms with E-state index in [1.807, 2.05) is 0 Å². The van der Waals surface area contributed by atoms with Gasteiger partial charge in [-0.1, -0.05) is 5.16 Å². The molecule has 1 aromatic heterocycles. The third-order valence-electron chi connectivity index (χ3n) is 2.25. The fourth-order valence-electron chi connectivity index (χ4n) is 1.39. The SMILES string of the molecule is COCc1cc(C(=O)Nc2ccc(N)cc2)no1. The summed E-state index contributed by atoms with van der Waals surface area (Å²) in [7, 11) is 1.54. The van der Waals surface area contributed by atoms with Crippen LogP contribution >= 0.6 is 0 Å². The van der Waals surface area contributed by atoms with E-state index in [1.165, 1.54) is 13.2 Å². The second-order valence-corrected chi connectivity index (χ2v) is 3.69. The summed E-state index contributed by atoms with van der Waals surface area (Å²) in [5.74, 6) is 0.158. The minimum absolute atomic E-state index is 0.207. The molecule has 0 saturated carbocycles. The minimum Gasteiger partial charge on any atom is -0.399 e. The van der Waals surface area contributed by atoms with E-state index in [-0.39, 0.29) is 18.2 Å². The molecule has 0 aliphatic carbocycles. The number of rotatable bonds is 4. The van der Waals surface area contributed by atoms with Gasteiger partial charge in [-0.25, -0.2) is 0 Å². The first kappa shape index (κ1) is 12.1. The number of carbonyl (C=O) groups is 1. The number of hydrogen-bond acceptors (Lipinski definition) is 5. The average molecular weight is 247 g/mol. The maximum Gasteiger partial charge on any atom is 0.277 e. The molecule has 1 heterocycles. The number of hydrogen-bond donors (Lipinski definition) is 2. The maximum atomic E-state index is 11.8. The highest BCUT2D eigenvalue weighted by atomic mass is 16.5. The number of methoxy groups -OCH3 is 1. The molecule has 94 valence electrons. The first-order valence-electron chi connectivity index (χ1n) is 5.30. The van der Waals surface area contributed by atoms with E-state index in [0.29, 0.717) is 17.1 Å². The molecule has 3 N–H and O–H groups in total. The van der Waals surface area contributed by atoms with E-state index in [4.69, 9.17) is 15.0 Å². The lowest BCUT2D eigenvalue weighted by Gasteiger charge is -2.02. The monoisotopic (exact) mass is 247 g/mol. The summed E-state index contributed by atoms with van der Waals surface area (Å²) in [5, 5.41) is 6.34. The van der Waals surface area contributed by atoms with Crippen molar-refractivity contribution < 1.29 is 14.1 Å². The second-order valence-electron chi connectivity index (χ2n) is 3.69. The van der Waals surface area contributed by atoms with Gasteiger partial charge in [-0.05, 0) is 24.3 Å². The van der Waals surface area contributed by atoms with E-state index in [1.54, 1.807) is 24.3 Å². The number of nitrogen functional groups attached to an aromatic ring is 1. The third kappa shape index (κ3) is 2.86. The summed E-state index contributed by atoms with van der Waals surface area (Å²) in [6.45, 7) is 0.280. The molecule has 0 saturated heterocycles. The lowest BCUT2D eigenvalue weighted by molar-refractivity contribution is 0.101. The number of nitrogens with one attached hydrogen (secondary N) is 1. The highest BCUT2D eigenvalue weighted by Crippen LogP contribution is 2.12. The van der Waals surface area contributed by atoms with Gasteiger partial charge in [-0.15, -0.1) is 0 Å². The number of benzene rings is 1. The molecule has 0 aliphatic heterocycles. The number of nitrogens with zero attached hydrogens (tertiary/aromatic N) is 1. The summed E-state index contributed by atoms with van der Waals surface area (Å²) in [5.41, 5.74) is 7.04. The average Bonchev–Trinajstić information content (AvgIpc) is 2.81. The number of carbonyl (C=O) groups excluding carboxylic acids is 1. The second kappa shape index (κ2) is 5.33. The van der Waals surface area contributed by atoms with Crippen LogP contribution in [-0.4, -0.2) is 18.2 Å². The van der Waals surface area contributed by atoms with Crippen LogP contribution in [0.3, 0.4) is 0 Å². The summed E-state index contributed by atoms with van der Waals surface area (Å²) in [6, 6.07) is 8.37. The fourth-order valence-corrected chi connectivity index (χ4v) is 1.39. The van der Waals surface area contributed by atoms with Crippen LogP contribution < -0.4 is 11.1 Å². The van der Waals surface area contributed by atoms with Crippen molar-refractivity contribution in [1.82, 2.24) is 5.16 Å². The molecule has 1 aromatic carbocycles. The van der Waals surface area contributed by atoms with Gasteiger partial charge in [0, 0.05) is 24.6 Å². The largest absolute Gasteiger partial charge is 0.399 e. The van der Waals surface area contributed by atoms with Crippen LogP contribution in [0, 0.1) is 0 Å². The van der Waals surface area contributed by atoms with Gasteiger partial charge in [0.15, 0.2) is 11.5 Å². The predicted octanol–water partition coefficient (Wildman–Crippen LogP) is 1.66. The molecule has 0 unspecified atom stereocenters. The van der Waals surface area contributed by atoms with E-state index in [9.17, 15) is 4.79 Å². The maximum absolute atomic E-state index is 11.8. The molecule has 0 radical (unpaired) electrons. The van der Waals surface area contributed by atoms with Gasteiger partial charge in [0.1, 0.15) is 6.61 Å². The van der Waals surface area contributed by atoms with Gasteiger partial charge >= 0.3 is 0 Å². The predicted molar refractivity (Wildman–Crippen MR) is 66.0 cm³/mol. The van der Waals surface area contributed by atoms with Crippen molar-refractivity contribution in [3.8, 4) is 0 Å². The molecule has 0 atom stereocenters.